The summed E-state index contributed by atoms with van der Waals surface area (Å²) >= 11 is 1.59. The second-order valence-corrected chi connectivity index (χ2v) is 4.23. The van der Waals surface area contributed by atoms with Gasteiger partial charge in [-0.15, -0.1) is 0 Å². The molecule has 0 fully saturated rings. The molecule has 0 radical (unpaired) electrons. The molecule has 0 aliphatic heterocycles. The van der Waals surface area contributed by atoms with Crippen LogP contribution in [0.1, 0.15) is 13.3 Å². The minimum atomic E-state index is -4.55. The number of halogens is 3. The SMILES string of the molecule is CCCSCCN(C)C(O)C(F)(F)F. The van der Waals surface area contributed by atoms with Gasteiger partial charge in [-0.2, -0.15) is 24.9 Å². The van der Waals surface area contributed by atoms with Gasteiger partial charge in [-0.1, -0.05) is 6.92 Å². The molecule has 6 heteroatoms. The summed E-state index contributed by atoms with van der Waals surface area (Å²) in [6.07, 6.45) is -5.88. The van der Waals surface area contributed by atoms with E-state index in [1.165, 1.54) is 7.05 Å². The number of alkyl halides is 3. The second kappa shape index (κ2) is 6.53. The molecule has 1 N–H and O–H groups in total. The Bertz CT molecular complexity index is 154. The van der Waals surface area contributed by atoms with Crippen LogP contribution in [0.4, 0.5) is 13.2 Å². The van der Waals surface area contributed by atoms with Gasteiger partial charge in [-0.3, -0.25) is 4.90 Å². The van der Waals surface area contributed by atoms with Gasteiger partial charge in [0.15, 0.2) is 0 Å². The monoisotopic (exact) mass is 231 g/mol. The molecule has 2 nitrogen and oxygen atoms in total. The zero-order valence-electron chi connectivity index (χ0n) is 8.34. The lowest BCUT2D eigenvalue weighted by atomic mass is 10.5. The fraction of sp³-hybridized carbons (Fsp3) is 1.00. The normalized spacial score (nSPS) is 14.8. The van der Waals surface area contributed by atoms with E-state index in [2.05, 4.69) is 0 Å². The summed E-state index contributed by atoms with van der Waals surface area (Å²) in [6.45, 7) is 2.26. The molecule has 0 heterocycles. The van der Waals surface area contributed by atoms with Gasteiger partial charge >= 0.3 is 6.18 Å². The largest absolute Gasteiger partial charge is 0.428 e. The standard InChI is InChI=1S/C8H16F3NOS/c1-3-5-14-6-4-12(2)7(13)8(9,10)11/h7,13H,3-6H2,1-2H3. The average Bonchev–Trinajstić information content (AvgIpc) is 2.09. The molecule has 0 spiro atoms. The first-order chi connectivity index (χ1) is 6.39. The van der Waals surface area contributed by atoms with Crippen LogP contribution in [0.3, 0.4) is 0 Å². The summed E-state index contributed by atoms with van der Waals surface area (Å²) in [4.78, 5) is 0.905. The Morgan fingerprint density at radius 2 is 1.93 bits per heavy atom. The summed E-state index contributed by atoms with van der Waals surface area (Å²) in [7, 11) is 1.27. The lowest BCUT2D eigenvalue weighted by Gasteiger charge is -2.24. The number of hydrogen-bond donors (Lipinski definition) is 1. The second-order valence-electron chi connectivity index (χ2n) is 3.01. The topological polar surface area (TPSA) is 23.5 Å². The first kappa shape index (κ1) is 14.1. The van der Waals surface area contributed by atoms with Crippen LogP contribution >= 0.6 is 11.8 Å². The Balaban J connectivity index is 3.68. The highest BCUT2D eigenvalue weighted by Crippen LogP contribution is 2.21. The number of hydrogen-bond acceptors (Lipinski definition) is 3. The molecule has 14 heavy (non-hydrogen) atoms. The molecule has 0 aromatic carbocycles. The van der Waals surface area contributed by atoms with E-state index in [9.17, 15) is 13.2 Å². The molecule has 86 valence electrons. The maximum Gasteiger partial charge on any atom is 0.428 e. The third kappa shape index (κ3) is 5.72. The summed E-state index contributed by atoms with van der Waals surface area (Å²) in [6, 6.07) is 0. The van der Waals surface area contributed by atoms with Gasteiger partial charge in [0.2, 0.25) is 6.23 Å². The Kier molecular flexibility index (Phi) is 6.55. The van der Waals surface area contributed by atoms with Crippen molar-refractivity contribution in [3.63, 3.8) is 0 Å². The Morgan fingerprint density at radius 3 is 2.36 bits per heavy atom. The fourth-order valence-corrected chi connectivity index (χ4v) is 1.74. The minimum absolute atomic E-state index is 0.241. The van der Waals surface area contributed by atoms with E-state index in [0.717, 1.165) is 17.1 Å². The molecule has 0 bridgehead atoms. The van der Waals surface area contributed by atoms with E-state index in [1.54, 1.807) is 11.8 Å². The molecule has 1 unspecified atom stereocenters. The van der Waals surface area contributed by atoms with E-state index >= 15 is 0 Å². The first-order valence-corrected chi connectivity index (χ1v) is 5.57. The Morgan fingerprint density at radius 1 is 1.36 bits per heavy atom. The zero-order valence-corrected chi connectivity index (χ0v) is 9.16. The van der Waals surface area contributed by atoms with Gasteiger partial charge in [0.05, 0.1) is 0 Å². The predicted octanol–water partition coefficient (Wildman–Crippen LogP) is 1.94. The zero-order chi connectivity index (χ0) is 11.2. The van der Waals surface area contributed by atoms with E-state index in [0.29, 0.717) is 5.75 Å². The summed E-state index contributed by atoms with van der Waals surface area (Å²) in [5, 5.41) is 8.80. The molecule has 0 aromatic rings. The minimum Gasteiger partial charge on any atom is -0.370 e. The van der Waals surface area contributed by atoms with E-state index in [-0.39, 0.29) is 6.54 Å². The molecule has 0 saturated heterocycles. The van der Waals surface area contributed by atoms with Gasteiger partial charge in [-0.25, -0.2) is 0 Å². The Hall–Kier alpha value is 0.0600. The molecular weight excluding hydrogens is 215 g/mol. The van der Waals surface area contributed by atoms with E-state index in [1.807, 2.05) is 6.92 Å². The van der Waals surface area contributed by atoms with Gasteiger partial charge < -0.3 is 5.11 Å². The molecule has 0 aliphatic carbocycles. The Labute approximate surface area is 86.5 Å². The van der Waals surface area contributed by atoms with E-state index in [4.69, 9.17) is 5.11 Å². The maximum atomic E-state index is 12.0. The number of aliphatic hydroxyl groups excluding tert-OH is 1. The van der Waals surface area contributed by atoms with Gasteiger partial charge in [0.1, 0.15) is 0 Å². The molecule has 1 atom stereocenters. The van der Waals surface area contributed by atoms with Crippen molar-refractivity contribution >= 4 is 11.8 Å². The number of thioether (sulfide) groups is 1. The highest BCUT2D eigenvalue weighted by Gasteiger charge is 2.40. The molecule has 0 amide bonds. The molecular formula is C8H16F3NOS. The molecule has 0 rings (SSSR count). The van der Waals surface area contributed by atoms with Crippen molar-refractivity contribution in [1.29, 1.82) is 0 Å². The quantitative estimate of drug-likeness (QED) is 0.558. The molecule has 0 saturated carbocycles. The van der Waals surface area contributed by atoms with Crippen molar-refractivity contribution in [3.8, 4) is 0 Å². The first-order valence-electron chi connectivity index (χ1n) is 4.42. The van der Waals surface area contributed by atoms with Gasteiger partial charge in [-0.05, 0) is 19.2 Å². The van der Waals surface area contributed by atoms with Crippen LogP contribution in [-0.4, -0.2) is 47.5 Å². The van der Waals surface area contributed by atoms with Crippen molar-refractivity contribution in [3.05, 3.63) is 0 Å². The van der Waals surface area contributed by atoms with Gasteiger partial charge in [0, 0.05) is 12.3 Å². The van der Waals surface area contributed by atoms with Crippen LogP contribution in [0.5, 0.6) is 0 Å². The average molecular weight is 231 g/mol. The summed E-state index contributed by atoms with van der Waals surface area (Å²) in [5.74, 6) is 1.55. The smallest absolute Gasteiger partial charge is 0.370 e. The lowest BCUT2D eigenvalue weighted by molar-refractivity contribution is -0.245. The highest BCUT2D eigenvalue weighted by molar-refractivity contribution is 7.99. The van der Waals surface area contributed by atoms with Crippen molar-refractivity contribution in [2.45, 2.75) is 25.7 Å². The highest BCUT2D eigenvalue weighted by atomic mass is 32.2. The number of aliphatic hydroxyl groups is 1. The predicted molar refractivity (Wildman–Crippen MR) is 52.3 cm³/mol. The van der Waals surface area contributed by atoms with Crippen molar-refractivity contribution in [2.24, 2.45) is 0 Å². The van der Waals surface area contributed by atoms with Crippen LogP contribution in [-0.2, 0) is 0 Å². The third-order valence-corrected chi connectivity index (χ3v) is 2.82. The molecule has 0 aliphatic rings. The summed E-state index contributed by atoms with van der Waals surface area (Å²) < 4.78 is 35.9. The van der Waals surface area contributed by atoms with Crippen LogP contribution < -0.4 is 0 Å². The van der Waals surface area contributed by atoms with Crippen molar-refractivity contribution < 1.29 is 18.3 Å². The number of nitrogens with zero attached hydrogens (tertiary/aromatic N) is 1. The van der Waals surface area contributed by atoms with Crippen LogP contribution in [0.15, 0.2) is 0 Å². The van der Waals surface area contributed by atoms with Crippen molar-refractivity contribution in [2.75, 3.05) is 25.1 Å². The molecule has 0 aromatic heterocycles. The van der Waals surface area contributed by atoms with Crippen LogP contribution in [0, 0.1) is 0 Å². The maximum absolute atomic E-state index is 12.0. The van der Waals surface area contributed by atoms with Crippen molar-refractivity contribution in [1.82, 2.24) is 4.90 Å². The van der Waals surface area contributed by atoms with Crippen LogP contribution in [0.2, 0.25) is 0 Å². The third-order valence-electron chi connectivity index (χ3n) is 1.65. The van der Waals surface area contributed by atoms with E-state index < -0.39 is 12.4 Å². The summed E-state index contributed by atoms with van der Waals surface area (Å²) in [5.41, 5.74) is 0. The lowest BCUT2D eigenvalue weighted by Crippen LogP contribution is -2.44. The van der Waals surface area contributed by atoms with Crippen LogP contribution in [0.25, 0.3) is 0 Å². The number of rotatable bonds is 6. The fourth-order valence-electron chi connectivity index (χ4n) is 0.827. The van der Waals surface area contributed by atoms with Gasteiger partial charge in [0.25, 0.3) is 0 Å².